The van der Waals surface area contributed by atoms with Crippen molar-refractivity contribution >= 4 is 48.0 Å². The van der Waals surface area contributed by atoms with Crippen LogP contribution in [0, 0.1) is 5.92 Å². The Hall–Kier alpha value is -5.37. The van der Waals surface area contributed by atoms with E-state index >= 15 is 0 Å². The normalized spacial score (nSPS) is 14.1. The molecule has 0 unspecified atom stereocenters. The van der Waals surface area contributed by atoms with Crippen molar-refractivity contribution in [3.05, 3.63) is 95.6 Å². The largest absolute Gasteiger partial charge is 0.458 e. The molecule has 5 N–H and O–H groups in total. The zero-order chi connectivity index (χ0) is 43.7. The number of carbonyl (C=O) groups excluding carboxylic acids is 6. The number of nitrogens with one attached hydrogen (secondary N) is 5. The van der Waals surface area contributed by atoms with Crippen molar-refractivity contribution in [2.45, 2.75) is 109 Å². The summed E-state index contributed by atoms with van der Waals surface area (Å²) in [4.78, 5) is 78.3. The SMILES string of the molecule is CSCC[C@H](NC=O)C(=O)N[C@@H](CC(C)C)C(=O)N[C@@H](Cc1ccccc1)C(=O)NCCCC[C@@H](NC(=O)OCC1c2ccccc2-c2ccccc21)C(=O)OC(C)(C)C. The summed E-state index contributed by atoms with van der Waals surface area (Å²) in [7, 11) is 0. The van der Waals surface area contributed by atoms with Gasteiger partial charge in [0, 0.05) is 18.9 Å². The number of thioether (sulfide) groups is 1. The molecule has 0 saturated heterocycles. The van der Waals surface area contributed by atoms with Crippen LogP contribution in [0.25, 0.3) is 11.1 Å². The third-order valence-electron chi connectivity index (χ3n) is 10.00. The van der Waals surface area contributed by atoms with E-state index in [2.05, 4.69) is 38.7 Å². The van der Waals surface area contributed by atoms with Crippen molar-refractivity contribution in [2.75, 3.05) is 25.2 Å². The van der Waals surface area contributed by atoms with Crippen LogP contribution in [-0.4, -0.2) is 91.1 Å². The van der Waals surface area contributed by atoms with E-state index in [1.54, 1.807) is 20.8 Å². The first-order valence-corrected chi connectivity index (χ1v) is 22.1. The number of amides is 5. The second-order valence-corrected chi connectivity index (χ2v) is 17.4. The summed E-state index contributed by atoms with van der Waals surface area (Å²) < 4.78 is 11.4. The highest BCUT2D eigenvalue weighted by molar-refractivity contribution is 7.98. The van der Waals surface area contributed by atoms with Gasteiger partial charge in [-0.05, 0) is 98.6 Å². The summed E-state index contributed by atoms with van der Waals surface area (Å²) >= 11 is 1.54. The van der Waals surface area contributed by atoms with Crippen molar-refractivity contribution in [1.82, 2.24) is 26.6 Å². The number of carbonyl (C=O) groups is 6. The summed E-state index contributed by atoms with van der Waals surface area (Å²) in [6.45, 7) is 9.43. The number of ether oxygens (including phenoxy) is 2. The average Bonchev–Trinajstić information content (AvgIpc) is 3.53. The molecule has 1 aliphatic carbocycles. The van der Waals surface area contributed by atoms with Crippen molar-refractivity contribution < 1.29 is 38.2 Å². The van der Waals surface area contributed by atoms with Crippen molar-refractivity contribution in [3.8, 4) is 11.1 Å². The minimum absolute atomic E-state index is 0.0364. The molecule has 0 heterocycles. The number of fused-ring (bicyclic) bond motifs is 3. The van der Waals surface area contributed by atoms with Crippen LogP contribution in [0.4, 0.5) is 4.79 Å². The van der Waals surface area contributed by atoms with E-state index in [1.165, 1.54) is 11.8 Å². The zero-order valence-corrected chi connectivity index (χ0v) is 36.4. The molecule has 0 bridgehead atoms. The molecule has 0 radical (unpaired) electrons. The van der Waals surface area contributed by atoms with Gasteiger partial charge in [-0.1, -0.05) is 92.7 Å². The van der Waals surface area contributed by atoms with Gasteiger partial charge in [0.05, 0.1) is 0 Å². The van der Waals surface area contributed by atoms with Gasteiger partial charge >= 0.3 is 12.1 Å². The Kier molecular flexibility index (Phi) is 18.5. The van der Waals surface area contributed by atoms with E-state index in [4.69, 9.17) is 9.47 Å². The fraction of sp³-hybridized carbons (Fsp3) is 0.478. The molecule has 60 heavy (non-hydrogen) atoms. The molecular weight excluding hydrogens is 783 g/mol. The molecule has 0 saturated carbocycles. The number of alkyl carbamates (subject to hydrolysis) is 1. The predicted octanol–water partition coefficient (Wildman–Crippen LogP) is 5.65. The lowest BCUT2D eigenvalue weighted by molar-refractivity contribution is -0.157. The topological polar surface area (TPSA) is 181 Å². The number of esters is 1. The number of rotatable bonds is 23. The monoisotopic (exact) mass is 843 g/mol. The van der Waals surface area contributed by atoms with Crippen LogP contribution < -0.4 is 26.6 Å². The number of hydrogen-bond acceptors (Lipinski definition) is 9. The number of hydrogen-bond donors (Lipinski definition) is 5. The Labute approximate surface area is 358 Å². The molecule has 14 heteroatoms. The second-order valence-electron chi connectivity index (χ2n) is 16.4. The van der Waals surface area contributed by atoms with E-state index in [0.717, 1.165) is 27.8 Å². The van der Waals surface area contributed by atoms with Gasteiger partial charge < -0.3 is 36.1 Å². The molecule has 1 aliphatic rings. The third-order valence-corrected chi connectivity index (χ3v) is 10.6. The first-order chi connectivity index (χ1) is 28.7. The van der Waals surface area contributed by atoms with Crippen LogP contribution in [0.1, 0.15) is 89.3 Å². The van der Waals surface area contributed by atoms with Crippen LogP contribution in [0.15, 0.2) is 78.9 Å². The summed E-state index contributed by atoms with van der Waals surface area (Å²) in [6, 6.07) is 21.7. The van der Waals surface area contributed by atoms with Gasteiger partial charge in [-0.2, -0.15) is 11.8 Å². The van der Waals surface area contributed by atoms with Gasteiger partial charge in [-0.15, -0.1) is 0 Å². The predicted molar refractivity (Wildman–Crippen MR) is 234 cm³/mol. The summed E-state index contributed by atoms with van der Waals surface area (Å²) in [5.41, 5.74) is 4.40. The highest BCUT2D eigenvalue weighted by atomic mass is 32.2. The zero-order valence-electron chi connectivity index (χ0n) is 35.6. The molecule has 3 aromatic carbocycles. The summed E-state index contributed by atoms with van der Waals surface area (Å²) in [5, 5.41) is 13.8. The average molecular weight is 844 g/mol. The molecule has 4 atom stereocenters. The van der Waals surface area contributed by atoms with E-state index < -0.39 is 59.6 Å². The number of unbranched alkanes of at least 4 members (excludes halogenated alkanes) is 1. The Morgan fingerprint density at radius 2 is 1.33 bits per heavy atom. The van der Waals surface area contributed by atoms with Crippen molar-refractivity contribution in [2.24, 2.45) is 5.92 Å². The second kappa shape index (κ2) is 23.4. The Morgan fingerprint density at radius 3 is 1.93 bits per heavy atom. The van der Waals surface area contributed by atoms with Crippen LogP contribution in [0.2, 0.25) is 0 Å². The van der Waals surface area contributed by atoms with Crippen molar-refractivity contribution in [1.29, 1.82) is 0 Å². The Bertz CT molecular complexity index is 1860. The maximum absolute atomic E-state index is 13.8. The van der Waals surface area contributed by atoms with Crippen molar-refractivity contribution in [3.63, 3.8) is 0 Å². The lowest BCUT2D eigenvalue weighted by Gasteiger charge is -2.26. The molecule has 0 aliphatic heterocycles. The van der Waals surface area contributed by atoms with E-state index in [0.29, 0.717) is 37.8 Å². The van der Waals surface area contributed by atoms with E-state index in [9.17, 15) is 28.8 Å². The van der Waals surface area contributed by atoms with Gasteiger partial charge in [0.2, 0.25) is 24.1 Å². The quantitative estimate of drug-likeness (QED) is 0.0458. The summed E-state index contributed by atoms with van der Waals surface area (Å²) in [5.74, 6) is -1.46. The molecule has 5 amide bonds. The van der Waals surface area contributed by atoms with Gasteiger partial charge in [-0.25, -0.2) is 9.59 Å². The minimum Gasteiger partial charge on any atom is -0.458 e. The molecule has 13 nitrogen and oxygen atoms in total. The van der Waals surface area contributed by atoms with Crippen LogP contribution in [0.3, 0.4) is 0 Å². The Balaban J connectivity index is 1.36. The molecule has 0 aromatic heterocycles. The van der Waals surface area contributed by atoms with Crippen LogP contribution >= 0.6 is 11.8 Å². The molecule has 0 spiro atoms. The van der Waals surface area contributed by atoms with Gasteiger partial charge in [0.1, 0.15) is 36.4 Å². The summed E-state index contributed by atoms with van der Waals surface area (Å²) in [6.07, 6.45) is 3.68. The maximum Gasteiger partial charge on any atom is 0.407 e. The first-order valence-electron chi connectivity index (χ1n) is 20.7. The van der Waals surface area contributed by atoms with E-state index in [-0.39, 0.29) is 37.8 Å². The Morgan fingerprint density at radius 1 is 0.733 bits per heavy atom. The van der Waals surface area contributed by atoms with E-state index in [1.807, 2.05) is 86.8 Å². The standard InChI is InChI=1S/C46H61N5O8S/c1-30(2)26-39(49-42(54)37(48-29-52)23-25-60-6)43(55)50-40(27-31-16-8-7-9-17-31)41(53)47-24-15-14-22-38(44(56)59-46(3,4)5)51-45(57)58-28-36-34-20-12-10-18-32(34)33-19-11-13-21-35(33)36/h7-13,16-21,29-30,36-40H,14-15,22-28H2,1-6H3,(H,47,53)(H,48,52)(H,49,54)(H,50,55)(H,51,57)/t37-,38+,39-,40-/m0/s1. The fourth-order valence-corrected chi connectivity index (χ4v) is 7.60. The molecule has 3 aromatic rings. The van der Waals surface area contributed by atoms with Crippen LogP contribution in [-0.2, 0) is 39.9 Å². The smallest absolute Gasteiger partial charge is 0.407 e. The lowest BCUT2D eigenvalue weighted by atomic mass is 9.98. The highest BCUT2D eigenvalue weighted by Gasteiger charge is 2.32. The first kappa shape index (κ1) is 47.3. The molecule has 4 rings (SSSR count). The van der Waals surface area contributed by atoms with Gasteiger partial charge in [0.15, 0.2) is 0 Å². The highest BCUT2D eigenvalue weighted by Crippen LogP contribution is 2.44. The van der Waals surface area contributed by atoms with Crippen LogP contribution in [0.5, 0.6) is 0 Å². The fourth-order valence-electron chi connectivity index (χ4n) is 7.13. The number of benzene rings is 3. The van der Waals surface area contributed by atoms with Gasteiger partial charge in [-0.3, -0.25) is 19.2 Å². The third kappa shape index (κ3) is 14.7. The van der Waals surface area contributed by atoms with Gasteiger partial charge in [0.25, 0.3) is 0 Å². The molecule has 0 fully saturated rings. The molecule has 324 valence electrons. The maximum atomic E-state index is 13.8. The lowest BCUT2D eigenvalue weighted by Crippen LogP contribution is -2.57. The minimum atomic E-state index is -0.990. The molecular formula is C46H61N5O8S.